The minimum atomic E-state index is -0.575. The van der Waals surface area contributed by atoms with Gasteiger partial charge in [0.25, 0.3) is 5.91 Å². The van der Waals surface area contributed by atoms with Crippen LogP contribution in [-0.4, -0.2) is 73.0 Å². The third-order valence-corrected chi connectivity index (χ3v) is 10.9. The van der Waals surface area contributed by atoms with E-state index in [9.17, 15) is 18.8 Å². The Morgan fingerprint density at radius 1 is 0.966 bits per heavy atom. The molecule has 2 aliphatic heterocycles. The molecular formula is C43H44FN11O4. The number of likely N-dealkylation sites (tertiary alicyclic amines) is 1. The van der Waals surface area contributed by atoms with Crippen molar-refractivity contribution in [3.8, 4) is 17.1 Å². The minimum absolute atomic E-state index is 0.193. The first kappa shape index (κ1) is 38.9. The summed E-state index contributed by atoms with van der Waals surface area (Å²) in [5.74, 6) is 0.810. The van der Waals surface area contributed by atoms with Crippen LogP contribution in [0, 0.1) is 5.82 Å². The number of aryl methyl sites for hydroxylation is 1. The van der Waals surface area contributed by atoms with Crippen LogP contribution in [0.2, 0.25) is 0 Å². The first-order valence-electron chi connectivity index (χ1n) is 19.4. The SMILES string of the molecule is C=C1CCC(n2c(=O)n(C)c3c(C4CCCN(Cc5ccc(Nc6cc(Nc7cccc(-c8ncc(F)cn8)c7OC)c(C(=O)NC)cn6)nc5)C4)cccc32)C(=O)N1. The molecule has 0 aliphatic carbocycles. The Balaban J connectivity index is 0.975. The largest absolute Gasteiger partial charge is 0.494 e. The van der Waals surface area contributed by atoms with Crippen LogP contribution in [0.25, 0.3) is 22.4 Å². The lowest BCUT2D eigenvalue weighted by Gasteiger charge is -2.33. The van der Waals surface area contributed by atoms with Crippen LogP contribution >= 0.6 is 0 Å². The highest BCUT2D eigenvalue weighted by molar-refractivity contribution is 6.00. The molecule has 2 fully saturated rings. The molecule has 0 radical (unpaired) electrons. The molecule has 2 aliphatic rings. The van der Waals surface area contributed by atoms with Gasteiger partial charge < -0.3 is 26.0 Å². The van der Waals surface area contributed by atoms with Crippen molar-refractivity contribution in [3.63, 3.8) is 0 Å². The second kappa shape index (κ2) is 16.5. The number of allylic oxidation sites excluding steroid dienone is 1. The normalized spacial score (nSPS) is 17.1. The van der Waals surface area contributed by atoms with Crippen molar-refractivity contribution in [1.82, 2.24) is 44.6 Å². The molecule has 6 heterocycles. The van der Waals surface area contributed by atoms with Crippen LogP contribution < -0.4 is 31.7 Å². The highest BCUT2D eigenvalue weighted by Gasteiger charge is 2.31. The number of rotatable bonds is 11. The smallest absolute Gasteiger partial charge is 0.329 e. The standard InChI is InChI=1S/C43H44FN11O4/c1-25-13-15-35(42(57)50-25)55-34-12-6-9-29(38(34)53(3)43(55)58)27-8-7-17-54(24-27)23-26-14-16-36(46-19-26)52-37-18-33(31(22-47-37)41(56)45-2)51-32-11-5-10-30(39(32)59-4)40-48-20-28(44)21-49-40/h5-6,9-12,14,16,18-22,27,35H,1,7-8,13,15,17,23-24H2,2-4H3,(H,45,56)(H,50,57)(H2,46,47,51,52). The maximum absolute atomic E-state index is 13.6. The van der Waals surface area contributed by atoms with E-state index in [1.807, 2.05) is 30.5 Å². The zero-order valence-electron chi connectivity index (χ0n) is 33.0. The summed E-state index contributed by atoms with van der Waals surface area (Å²) in [6, 6.07) is 16.4. The fourth-order valence-corrected chi connectivity index (χ4v) is 8.11. The lowest BCUT2D eigenvalue weighted by Crippen LogP contribution is -2.40. The van der Waals surface area contributed by atoms with Crippen LogP contribution in [0.3, 0.4) is 0 Å². The summed E-state index contributed by atoms with van der Waals surface area (Å²) >= 11 is 0. The maximum Gasteiger partial charge on any atom is 0.329 e. The number of amides is 2. The number of hydrogen-bond donors (Lipinski definition) is 4. The van der Waals surface area contributed by atoms with Crippen LogP contribution in [0.4, 0.5) is 27.4 Å². The summed E-state index contributed by atoms with van der Waals surface area (Å²) < 4.78 is 22.6. The molecule has 0 spiro atoms. The van der Waals surface area contributed by atoms with Crippen molar-refractivity contribution in [1.29, 1.82) is 0 Å². The van der Waals surface area contributed by atoms with E-state index in [2.05, 4.69) is 58.7 Å². The van der Waals surface area contributed by atoms with Crippen molar-refractivity contribution >= 4 is 45.9 Å². The second-order valence-electron chi connectivity index (χ2n) is 14.8. The molecule has 2 unspecified atom stereocenters. The van der Waals surface area contributed by atoms with E-state index in [4.69, 9.17) is 4.74 Å². The van der Waals surface area contributed by atoms with Crippen LogP contribution in [0.5, 0.6) is 5.75 Å². The first-order chi connectivity index (χ1) is 28.6. The highest BCUT2D eigenvalue weighted by Crippen LogP contribution is 2.38. The van der Waals surface area contributed by atoms with Gasteiger partial charge in [0, 0.05) is 51.3 Å². The number of piperidine rings is 2. The highest BCUT2D eigenvalue weighted by atomic mass is 19.1. The number of imidazole rings is 1. The van der Waals surface area contributed by atoms with E-state index in [0.717, 1.165) is 60.5 Å². The molecular weight excluding hydrogens is 754 g/mol. The van der Waals surface area contributed by atoms with Gasteiger partial charge in [-0.2, -0.15) is 0 Å². The lowest BCUT2D eigenvalue weighted by atomic mass is 9.89. The molecule has 302 valence electrons. The summed E-state index contributed by atoms with van der Waals surface area (Å²) in [6.45, 7) is 6.33. The third-order valence-electron chi connectivity index (χ3n) is 10.9. The molecule has 16 heteroatoms. The van der Waals surface area contributed by atoms with Gasteiger partial charge in [-0.3, -0.25) is 23.6 Å². The van der Waals surface area contributed by atoms with Crippen molar-refractivity contribution in [2.75, 3.05) is 37.9 Å². The molecule has 2 amide bonds. The van der Waals surface area contributed by atoms with Gasteiger partial charge in [0.1, 0.15) is 17.7 Å². The Bertz CT molecular complexity index is 2620. The molecule has 8 rings (SSSR count). The number of methoxy groups -OCH3 is 1. The molecule has 2 atom stereocenters. The van der Waals surface area contributed by atoms with Crippen LogP contribution in [-0.2, 0) is 18.4 Å². The molecule has 2 aromatic carbocycles. The maximum atomic E-state index is 13.6. The van der Waals surface area contributed by atoms with E-state index < -0.39 is 11.9 Å². The number of pyridine rings is 2. The van der Waals surface area contributed by atoms with Gasteiger partial charge in [-0.25, -0.2) is 29.1 Å². The van der Waals surface area contributed by atoms with Gasteiger partial charge in [-0.1, -0.05) is 30.8 Å². The number of aromatic nitrogens is 6. The van der Waals surface area contributed by atoms with Gasteiger partial charge in [0.05, 0.1) is 53.0 Å². The first-order valence-corrected chi connectivity index (χ1v) is 19.4. The van der Waals surface area contributed by atoms with E-state index in [0.29, 0.717) is 65.0 Å². The number of nitrogens with zero attached hydrogens (tertiary/aromatic N) is 7. The Hall–Kier alpha value is -6.94. The Labute approximate surface area is 339 Å². The Morgan fingerprint density at radius 3 is 2.51 bits per heavy atom. The second-order valence-corrected chi connectivity index (χ2v) is 14.8. The summed E-state index contributed by atoms with van der Waals surface area (Å²) in [7, 11) is 4.84. The summed E-state index contributed by atoms with van der Waals surface area (Å²) in [5, 5.41) is 12.0. The zero-order chi connectivity index (χ0) is 41.2. The number of halogens is 1. The number of ether oxygens (including phenoxy) is 1. The molecule has 4 N–H and O–H groups in total. The summed E-state index contributed by atoms with van der Waals surface area (Å²) in [5.41, 5.74) is 6.11. The fraction of sp³-hybridized carbons (Fsp3) is 0.279. The molecule has 0 bridgehead atoms. The van der Waals surface area contributed by atoms with Gasteiger partial charge in [0.2, 0.25) is 5.91 Å². The number of hydrogen-bond acceptors (Lipinski definition) is 11. The Kier molecular flexibility index (Phi) is 10.9. The van der Waals surface area contributed by atoms with E-state index in [-0.39, 0.29) is 29.2 Å². The average molecular weight is 798 g/mol. The van der Waals surface area contributed by atoms with Crippen molar-refractivity contribution in [3.05, 3.63) is 125 Å². The third kappa shape index (κ3) is 7.86. The van der Waals surface area contributed by atoms with Gasteiger partial charge in [-0.05, 0) is 73.5 Å². The predicted octanol–water partition coefficient (Wildman–Crippen LogP) is 5.93. The molecule has 4 aromatic heterocycles. The monoisotopic (exact) mass is 797 g/mol. The van der Waals surface area contributed by atoms with E-state index >= 15 is 0 Å². The molecule has 6 aromatic rings. The number of carbonyl (C=O) groups is 2. The summed E-state index contributed by atoms with van der Waals surface area (Å²) in [6.07, 6.45) is 8.65. The topological polar surface area (TPSA) is 173 Å². The van der Waals surface area contributed by atoms with Gasteiger partial charge in [0.15, 0.2) is 17.4 Å². The molecule has 15 nitrogen and oxygen atoms in total. The number of benzene rings is 2. The Morgan fingerprint density at radius 2 is 1.76 bits per heavy atom. The fourth-order valence-electron chi connectivity index (χ4n) is 8.11. The minimum Gasteiger partial charge on any atom is -0.494 e. The van der Waals surface area contributed by atoms with Crippen LogP contribution in [0.1, 0.15) is 59.1 Å². The number of fused-ring (bicyclic) bond motifs is 1. The quantitative estimate of drug-likeness (QED) is 0.123. The number of nitrogens with one attached hydrogen (secondary N) is 4. The lowest BCUT2D eigenvalue weighted by molar-refractivity contribution is -0.124. The van der Waals surface area contributed by atoms with Crippen LogP contribution in [0.15, 0.2) is 96.5 Å². The summed E-state index contributed by atoms with van der Waals surface area (Å²) in [4.78, 5) is 59.2. The number of carbonyl (C=O) groups excluding carboxylic acids is 2. The number of para-hydroxylation sites is 2. The molecule has 59 heavy (non-hydrogen) atoms. The van der Waals surface area contributed by atoms with E-state index in [1.165, 1.54) is 13.3 Å². The van der Waals surface area contributed by atoms with Gasteiger partial charge >= 0.3 is 5.69 Å². The average Bonchev–Trinajstić information content (AvgIpc) is 3.50. The van der Waals surface area contributed by atoms with Crippen molar-refractivity contribution in [2.24, 2.45) is 7.05 Å². The van der Waals surface area contributed by atoms with E-state index in [1.54, 1.807) is 47.5 Å². The van der Waals surface area contributed by atoms with Gasteiger partial charge in [-0.15, -0.1) is 0 Å². The number of anilines is 4. The predicted molar refractivity (Wildman–Crippen MR) is 222 cm³/mol. The van der Waals surface area contributed by atoms with Crippen molar-refractivity contribution in [2.45, 2.75) is 44.2 Å². The molecule has 2 saturated heterocycles. The zero-order valence-corrected chi connectivity index (χ0v) is 33.0. The van der Waals surface area contributed by atoms with Crippen molar-refractivity contribution < 1.29 is 18.7 Å². The molecule has 0 saturated carbocycles.